The minimum Gasteiger partial charge on any atom is -0.345 e. The molecule has 0 unspecified atom stereocenters. The molecule has 22 heavy (non-hydrogen) atoms. The number of nitrogens with zero attached hydrogens (tertiary/aromatic N) is 1. The first-order valence-corrected chi connectivity index (χ1v) is 6.74. The SMILES string of the molecule is Cc1cccc(NC(=O)C(=O)Nc2ccc3nc[nH]c3c2)c1. The summed E-state index contributed by atoms with van der Waals surface area (Å²) < 4.78 is 0. The van der Waals surface area contributed by atoms with Gasteiger partial charge in [0, 0.05) is 11.4 Å². The van der Waals surface area contributed by atoms with E-state index in [9.17, 15) is 9.59 Å². The molecule has 0 aliphatic rings. The summed E-state index contributed by atoms with van der Waals surface area (Å²) in [6.07, 6.45) is 1.57. The van der Waals surface area contributed by atoms with E-state index in [1.165, 1.54) is 0 Å². The molecule has 3 aromatic rings. The van der Waals surface area contributed by atoms with Crippen molar-refractivity contribution in [2.75, 3.05) is 10.6 Å². The van der Waals surface area contributed by atoms with Crippen LogP contribution in [-0.2, 0) is 9.59 Å². The lowest BCUT2D eigenvalue weighted by Crippen LogP contribution is -2.29. The number of nitrogens with one attached hydrogen (secondary N) is 3. The van der Waals surface area contributed by atoms with E-state index in [-0.39, 0.29) is 0 Å². The second kappa shape index (κ2) is 5.69. The van der Waals surface area contributed by atoms with Crippen molar-refractivity contribution < 1.29 is 9.59 Å². The first kappa shape index (κ1) is 13.8. The molecule has 6 nitrogen and oxygen atoms in total. The number of imidazole rings is 1. The Balaban J connectivity index is 1.69. The molecule has 0 aliphatic heterocycles. The zero-order valence-corrected chi connectivity index (χ0v) is 11.9. The highest BCUT2D eigenvalue weighted by Crippen LogP contribution is 2.16. The van der Waals surface area contributed by atoms with Gasteiger partial charge in [-0.1, -0.05) is 12.1 Å². The number of fused-ring (bicyclic) bond motifs is 1. The summed E-state index contributed by atoms with van der Waals surface area (Å²) in [5.41, 5.74) is 3.70. The van der Waals surface area contributed by atoms with Crippen LogP contribution in [0.1, 0.15) is 5.56 Å². The molecule has 0 saturated carbocycles. The number of rotatable bonds is 2. The maximum absolute atomic E-state index is 11.9. The number of aromatic amines is 1. The van der Waals surface area contributed by atoms with E-state index >= 15 is 0 Å². The van der Waals surface area contributed by atoms with Crippen LogP contribution >= 0.6 is 0 Å². The molecule has 1 aromatic heterocycles. The highest BCUT2D eigenvalue weighted by Gasteiger charge is 2.14. The highest BCUT2D eigenvalue weighted by atomic mass is 16.2. The number of benzene rings is 2. The molecule has 0 radical (unpaired) electrons. The number of aryl methyl sites for hydroxylation is 1. The molecule has 3 rings (SSSR count). The van der Waals surface area contributed by atoms with E-state index < -0.39 is 11.8 Å². The fourth-order valence-corrected chi connectivity index (χ4v) is 2.11. The number of anilines is 2. The number of carbonyl (C=O) groups excluding carboxylic acids is 2. The predicted molar refractivity (Wildman–Crippen MR) is 84.5 cm³/mol. The van der Waals surface area contributed by atoms with Gasteiger partial charge >= 0.3 is 11.8 Å². The molecule has 2 amide bonds. The van der Waals surface area contributed by atoms with E-state index in [0.717, 1.165) is 16.6 Å². The number of hydrogen-bond donors (Lipinski definition) is 3. The van der Waals surface area contributed by atoms with E-state index in [4.69, 9.17) is 0 Å². The minimum atomic E-state index is -0.722. The molecule has 1 heterocycles. The fourth-order valence-electron chi connectivity index (χ4n) is 2.11. The van der Waals surface area contributed by atoms with Crippen molar-refractivity contribution in [1.82, 2.24) is 9.97 Å². The van der Waals surface area contributed by atoms with Crippen molar-refractivity contribution >= 4 is 34.2 Å². The van der Waals surface area contributed by atoms with Gasteiger partial charge in [0.05, 0.1) is 17.4 Å². The Morgan fingerprint density at radius 1 is 1.00 bits per heavy atom. The second-order valence-corrected chi connectivity index (χ2v) is 4.91. The average Bonchev–Trinajstić information content (AvgIpc) is 2.94. The summed E-state index contributed by atoms with van der Waals surface area (Å²) in [5, 5.41) is 5.12. The van der Waals surface area contributed by atoms with Crippen LogP contribution in [0, 0.1) is 6.92 Å². The smallest absolute Gasteiger partial charge is 0.314 e. The largest absolute Gasteiger partial charge is 0.345 e. The molecule has 6 heteroatoms. The Morgan fingerprint density at radius 2 is 1.73 bits per heavy atom. The van der Waals surface area contributed by atoms with Crippen molar-refractivity contribution in [3.8, 4) is 0 Å². The topological polar surface area (TPSA) is 86.9 Å². The third-order valence-corrected chi connectivity index (χ3v) is 3.16. The van der Waals surface area contributed by atoms with Crippen LogP contribution in [0.3, 0.4) is 0 Å². The van der Waals surface area contributed by atoms with Crippen LogP contribution < -0.4 is 10.6 Å². The van der Waals surface area contributed by atoms with Gasteiger partial charge in [0.1, 0.15) is 0 Å². The highest BCUT2D eigenvalue weighted by molar-refractivity contribution is 6.43. The standard InChI is InChI=1S/C16H14N4O2/c1-10-3-2-4-11(7-10)19-15(21)16(22)20-12-5-6-13-14(8-12)18-9-17-13/h2-9H,1H3,(H,17,18)(H,19,21)(H,20,22). The molecular weight excluding hydrogens is 280 g/mol. The molecule has 2 aromatic carbocycles. The zero-order chi connectivity index (χ0) is 15.5. The molecule has 0 saturated heterocycles. The Bertz CT molecular complexity index is 854. The third-order valence-electron chi connectivity index (χ3n) is 3.16. The van der Waals surface area contributed by atoms with E-state index in [0.29, 0.717) is 11.4 Å². The van der Waals surface area contributed by atoms with Crippen molar-refractivity contribution in [1.29, 1.82) is 0 Å². The Morgan fingerprint density at radius 3 is 2.45 bits per heavy atom. The average molecular weight is 294 g/mol. The summed E-state index contributed by atoms with van der Waals surface area (Å²) in [5.74, 6) is -1.43. The van der Waals surface area contributed by atoms with Gasteiger partial charge in [-0.15, -0.1) is 0 Å². The van der Waals surface area contributed by atoms with Crippen LogP contribution in [0.25, 0.3) is 11.0 Å². The van der Waals surface area contributed by atoms with Crippen LogP contribution in [0.2, 0.25) is 0 Å². The maximum Gasteiger partial charge on any atom is 0.314 e. The van der Waals surface area contributed by atoms with Crippen LogP contribution in [0.4, 0.5) is 11.4 Å². The molecule has 0 bridgehead atoms. The van der Waals surface area contributed by atoms with Gasteiger partial charge in [0.15, 0.2) is 0 Å². The van der Waals surface area contributed by atoms with Gasteiger partial charge in [-0.3, -0.25) is 9.59 Å². The van der Waals surface area contributed by atoms with Gasteiger partial charge in [0.2, 0.25) is 0 Å². The van der Waals surface area contributed by atoms with Crippen molar-refractivity contribution in [3.63, 3.8) is 0 Å². The van der Waals surface area contributed by atoms with Crippen molar-refractivity contribution in [2.24, 2.45) is 0 Å². The van der Waals surface area contributed by atoms with Crippen LogP contribution in [0.15, 0.2) is 48.8 Å². The van der Waals surface area contributed by atoms with Gasteiger partial charge in [-0.2, -0.15) is 0 Å². The van der Waals surface area contributed by atoms with Crippen LogP contribution in [0.5, 0.6) is 0 Å². The van der Waals surface area contributed by atoms with E-state index in [1.54, 1.807) is 36.7 Å². The summed E-state index contributed by atoms with van der Waals surface area (Å²) >= 11 is 0. The molecule has 0 fully saturated rings. The number of carbonyl (C=O) groups is 2. The Labute approximate surface area is 126 Å². The van der Waals surface area contributed by atoms with E-state index in [2.05, 4.69) is 20.6 Å². The Hall–Kier alpha value is -3.15. The van der Waals surface area contributed by atoms with Gasteiger partial charge in [-0.05, 0) is 42.8 Å². The summed E-state index contributed by atoms with van der Waals surface area (Å²) in [4.78, 5) is 30.9. The number of amides is 2. The third kappa shape index (κ3) is 2.95. The second-order valence-electron chi connectivity index (χ2n) is 4.91. The summed E-state index contributed by atoms with van der Waals surface area (Å²) in [6.45, 7) is 1.91. The molecule has 0 aliphatic carbocycles. The van der Waals surface area contributed by atoms with Gasteiger partial charge in [0.25, 0.3) is 0 Å². The first-order chi connectivity index (χ1) is 10.6. The molecular formula is C16H14N4O2. The molecule has 110 valence electrons. The number of H-pyrrole nitrogens is 1. The summed E-state index contributed by atoms with van der Waals surface area (Å²) in [7, 11) is 0. The zero-order valence-electron chi connectivity index (χ0n) is 11.9. The Kier molecular flexibility index (Phi) is 3.57. The molecule has 3 N–H and O–H groups in total. The maximum atomic E-state index is 11.9. The minimum absolute atomic E-state index is 0.529. The van der Waals surface area contributed by atoms with E-state index in [1.807, 2.05) is 19.1 Å². The predicted octanol–water partition coefficient (Wildman–Crippen LogP) is 2.45. The first-order valence-electron chi connectivity index (χ1n) is 6.74. The fraction of sp³-hybridized carbons (Fsp3) is 0.0625. The van der Waals surface area contributed by atoms with Crippen molar-refractivity contribution in [2.45, 2.75) is 6.92 Å². The lowest BCUT2D eigenvalue weighted by Gasteiger charge is -2.07. The lowest BCUT2D eigenvalue weighted by molar-refractivity contribution is -0.132. The number of hydrogen-bond acceptors (Lipinski definition) is 3. The lowest BCUT2D eigenvalue weighted by atomic mass is 10.2. The normalized spacial score (nSPS) is 10.4. The van der Waals surface area contributed by atoms with Crippen molar-refractivity contribution in [3.05, 3.63) is 54.4 Å². The molecule has 0 atom stereocenters. The molecule has 0 spiro atoms. The monoisotopic (exact) mass is 294 g/mol. The summed E-state index contributed by atoms with van der Waals surface area (Å²) in [6, 6.07) is 12.4. The van der Waals surface area contributed by atoms with Gasteiger partial charge < -0.3 is 15.6 Å². The quantitative estimate of drug-likeness (QED) is 0.634. The van der Waals surface area contributed by atoms with Crippen LogP contribution in [-0.4, -0.2) is 21.8 Å². The number of aromatic nitrogens is 2. The van der Waals surface area contributed by atoms with Gasteiger partial charge in [-0.25, -0.2) is 4.98 Å².